The van der Waals surface area contributed by atoms with Crippen molar-refractivity contribution >= 4 is 44.8 Å². The summed E-state index contributed by atoms with van der Waals surface area (Å²) in [7, 11) is -4.41. The van der Waals surface area contributed by atoms with Gasteiger partial charge < -0.3 is 13.9 Å². The van der Waals surface area contributed by atoms with Crippen molar-refractivity contribution in [3.05, 3.63) is 139 Å². The first-order valence-corrected chi connectivity index (χ1v) is 15.4. The van der Waals surface area contributed by atoms with Crippen molar-refractivity contribution in [1.29, 1.82) is 0 Å². The van der Waals surface area contributed by atoms with Crippen LogP contribution in [0.5, 0.6) is 0 Å². The first-order valence-electron chi connectivity index (χ1n) is 13.9. The maximum atomic E-state index is 14.6. The highest BCUT2D eigenvalue weighted by Crippen LogP contribution is 2.33. The number of fused-ring (bicyclic) bond motifs is 1. The van der Waals surface area contributed by atoms with E-state index in [1.165, 1.54) is 19.1 Å². The van der Waals surface area contributed by atoms with Crippen molar-refractivity contribution in [1.82, 2.24) is 4.22 Å². The van der Waals surface area contributed by atoms with E-state index < -0.39 is 40.7 Å². The molecule has 1 saturated heterocycles. The maximum absolute atomic E-state index is 14.6. The summed E-state index contributed by atoms with van der Waals surface area (Å²) in [4.78, 5) is 27.3. The average molecular weight is 592 g/mol. The van der Waals surface area contributed by atoms with Gasteiger partial charge in [-0.25, -0.2) is 17.4 Å². The van der Waals surface area contributed by atoms with Gasteiger partial charge in [-0.1, -0.05) is 89.9 Å². The van der Waals surface area contributed by atoms with E-state index in [4.69, 9.17) is 9.39 Å². The summed E-state index contributed by atoms with van der Waals surface area (Å²) in [5.74, 6) is -1.51. The lowest BCUT2D eigenvalue weighted by Gasteiger charge is -2.38. The predicted octanol–water partition coefficient (Wildman–Crippen LogP) is 3.99. The second kappa shape index (κ2) is 11.1. The van der Waals surface area contributed by atoms with Crippen molar-refractivity contribution in [2.24, 2.45) is 0 Å². The summed E-state index contributed by atoms with van der Waals surface area (Å²) < 4.78 is 44.0. The number of aromatic nitrogens is 1. The molecule has 10 heteroatoms. The molecule has 0 unspecified atom stereocenters. The van der Waals surface area contributed by atoms with Gasteiger partial charge in [-0.15, -0.1) is 0 Å². The zero-order chi connectivity index (χ0) is 30.2. The zero-order valence-corrected chi connectivity index (χ0v) is 24.4. The van der Waals surface area contributed by atoms with E-state index in [1.807, 2.05) is 37.3 Å². The second-order valence-electron chi connectivity index (χ2n) is 10.6. The highest BCUT2D eigenvalue weighted by Gasteiger charge is 2.66. The Morgan fingerprint density at radius 3 is 2.19 bits per heavy atom. The lowest BCUT2D eigenvalue weighted by Crippen LogP contribution is -2.81. The Balaban J connectivity index is 1.49. The van der Waals surface area contributed by atoms with Crippen molar-refractivity contribution in [3.8, 4) is 0 Å². The molecule has 1 aromatic heterocycles. The molecule has 0 radical (unpaired) electrons. The van der Waals surface area contributed by atoms with Gasteiger partial charge in [0.05, 0.1) is 10.5 Å². The number of nitrogens with zero attached hydrogens (tertiary/aromatic N) is 2. The summed E-state index contributed by atoms with van der Waals surface area (Å²) in [6.45, 7) is 0.458. The first-order chi connectivity index (χ1) is 20.7. The number of benzene rings is 4. The molecule has 4 aromatic carbocycles. The third kappa shape index (κ3) is 4.98. The van der Waals surface area contributed by atoms with E-state index >= 15 is 0 Å². The standard InChI is InChI=1S/C33H29BN2O6S/c1-24-15-19-30(20-16-24)43(39,40)36-31(25(2)41-32(37)28-18-17-26-11-7-8-12-27(26)23-28)33(38)42-34(36,29-13-5-3-6-14-29)35-21-9-4-10-22-35/h3-23,25,31H,1-2H3/t25-,31-,34-/m0/s1. The first kappa shape index (κ1) is 28.3. The minimum absolute atomic E-state index is 0.0202. The van der Waals surface area contributed by atoms with Crippen molar-refractivity contribution in [2.75, 3.05) is 0 Å². The number of sulfonamides is 1. The number of carbonyl (C=O) groups is 2. The summed E-state index contributed by atoms with van der Waals surface area (Å²) in [6, 6.07) is 31.6. The molecule has 0 aliphatic carbocycles. The fourth-order valence-corrected chi connectivity index (χ4v) is 7.65. The van der Waals surface area contributed by atoms with Crippen LogP contribution in [0, 0.1) is 6.92 Å². The number of pyridine rings is 1. The molecule has 0 bridgehead atoms. The van der Waals surface area contributed by atoms with Crippen molar-refractivity contribution in [3.63, 3.8) is 0 Å². The summed E-state index contributed by atoms with van der Waals surface area (Å²) in [5.41, 5.74) is 1.61. The molecular formula is C33H29BN2O6S. The van der Waals surface area contributed by atoms with Crippen LogP contribution in [0.15, 0.2) is 133 Å². The molecular weight excluding hydrogens is 563 g/mol. The SMILES string of the molecule is Cc1ccc(S(=O)(=O)N2[C@@H]([C@H](C)OC(=O)c3ccc4ccccc4c3)C(=O)O[B@@-]2(c2ccccc2)[n+]2ccccc2)cc1. The molecule has 6 rings (SSSR count). The van der Waals surface area contributed by atoms with Crippen LogP contribution in [0.2, 0.25) is 0 Å². The largest absolute Gasteiger partial charge is 0.613 e. The Morgan fingerprint density at radius 1 is 0.860 bits per heavy atom. The number of hydrogen-bond acceptors (Lipinski definition) is 6. The molecule has 0 saturated carbocycles. The quantitative estimate of drug-likeness (QED) is 0.210. The van der Waals surface area contributed by atoms with Gasteiger partial charge in [-0.2, -0.15) is 0 Å². The van der Waals surface area contributed by atoms with Crippen LogP contribution in [0.1, 0.15) is 22.8 Å². The Morgan fingerprint density at radius 2 is 1.49 bits per heavy atom. The van der Waals surface area contributed by atoms with Crippen LogP contribution >= 0.6 is 0 Å². The molecule has 3 atom stereocenters. The van der Waals surface area contributed by atoms with Gasteiger partial charge in [-0.3, -0.25) is 4.79 Å². The highest BCUT2D eigenvalue weighted by molar-refractivity contribution is 7.90. The van der Waals surface area contributed by atoms with Gasteiger partial charge in [0.25, 0.3) is 5.97 Å². The van der Waals surface area contributed by atoms with Crippen LogP contribution in [-0.4, -0.2) is 43.3 Å². The van der Waals surface area contributed by atoms with E-state index in [9.17, 15) is 18.0 Å². The van der Waals surface area contributed by atoms with E-state index in [-0.39, 0.29) is 10.5 Å². The number of esters is 1. The van der Waals surface area contributed by atoms with Crippen LogP contribution in [0.4, 0.5) is 0 Å². The molecule has 8 nitrogen and oxygen atoms in total. The summed E-state index contributed by atoms with van der Waals surface area (Å²) >= 11 is 0. The fourth-order valence-electron chi connectivity index (χ4n) is 5.72. The zero-order valence-electron chi connectivity index (χ0n) is 23.6. The minimum Gasteiger partial charge on any atom is -0.613 e. The number of carbonyl (C=O) groups excluding carboxylic acids is 2. The number of rotatable bonds is 7. The molecule has 5 aromatic rings. The Bertz CT molecular complexity index is 1880. The summed E-state index contributed by atoms with van der Waals surface area (Å²) in [5, 5.41) is 1.80. The van der Waals surface area contributed by atoms with Gasteiger partial charge in [0.2, 0.25) is 10.0 Å². The van der Waals surface area contributed by atoms with Crippen LogP contribution in [0.25, 0.3) is 10.8 Å². The predicted molar refractivity (Wildman–Crippen MR) is 163 cm³/mol. The third-order valence-electron chi connectivity index (χ3n) is 7.84. The molecule has 2 heterocycles. The van der Waals surface area contributed by atoms with E-state index in [2.05, 4.69) is 0 Å². The Hall–Kier alpha value is -4.80. The lowest BCUT2D eigenvalue weighted by molar-refractivity contribution is -0.561. The second-order valence-corrected chi connectivity index (χ2v) is 12.5. The molecule has 43 heavy (non-hydrogen) atoms. The van der Waals surface area contributed by atoms with Crippen LogP contribution in [-0.2, 0) is 24.2 Å². The monoisotopic (exact) mass is 592 g/mol. The van der Waals surface area contributed by atoms with Gasteiger partial charge in [0, 0.05) is 0 Å². The molecule has 1 aliphatic heterocycles. The smallest absolute Gasteiger partial charge is 0.581 e. The molecule has 1 fully saturated rings. The normalized spacial score (nSPS) is 19.6. The van der Waals surface area contributed by atoms with Gasteiger partial charge in [0.1, 0.15) is 24.5 Å². The molecule has 0 amide bonds. The Kier molecular flexibility index (Phi) is 7.33. The minimum atomic E-state index is -4.41. The van der Waals surface area contributed by atoms with E-state index in [0.29, 0.717) is 5.46 Å². The third-order valence-corrected chi connectivity index (χ3v) is 9.77. The average Bonchev–Trinajstić information content (AvgIpc) is 3.36. The van der Waals surface area contributed by atoms with E-state index in [0.717, 1.165) is 20.6 Å². The van der Waals surface area contributed by atoms with Crippen molar-refractivity contribution in [2.45, 2.75) is 30.9 Å². The number of hydrogen-bond donors (Lipinski definition) is 0. The van der Waals surface area contributed by atoms with E-state index in [1.54, 1.807) is 89.7 Å². The molecule has 1 aliphatic rings. The molecule has 216 valence electrons. The lowest BCUT2D eigenvalue weighted by atomic mass is 9.58. The van der Waals surface area contributed by atoms with Crippen LogP contribution in [0.3, 0.4) is 0 Å². The van der Waals surface area contributed by atoms with Gasteiger partial charge >= 0.3 is 12.6 Å². The Labute approximate surface area is 250 Å². The highest BCUT2D eigenvalue weighted by atomic mass is 32.2. The topological polar surface area (TPSA) is 93.9 Å². The van der Waals surface area contributed by atoms with Crippen LogP contribution < -0.4 is 9.94 Å². The van der Waals surface area contributed by atoms with Gasteiger partial charge in [-0.05, 0) is 61.0 Å². The number of ether oxygens (including phenoxy) is 1. The fraction of sp³-hybridized carbons (Fsp3) is 0.121. The molecule has 0 spiro atoms. The van der Waals surface area contributed by atoms with Gasteiger partial charge in [0.15, 0.2) is 0 Å². The summed E-state index contributed by atoms with van der Waals surface area (Å²) in [6.07, 6.45) is 2.11. The number of aryl methyl sites for hydroxylation is 1. The maximum Gasteiger partial charge on any atom is 0.581 e. The molecule has 0 N–H and O–H groups in total. The van der Waals surface area contributed by atoms with Crippen molar-refractivity contribution < 1.29 is 31.9 Å².